The number of benzene rings is 1. The van der Waals surface area contributed by atoms with Crippen LogP contribution in [0.15, 0.2) is 18.2 Å². The molecule has 1 aromatic carbocycles. The van der Waals surface area contributed by atoms with Crippen molar-refractivity contribution in [2.45, 2.75) is 64.0 Å². The second-order valence-electron chi connectivity index (χ2n) is 7.37. The van der Waals surface area contributed by atoms with Crippen LogP contribution in [0.3, 0.4) is 0 Å². The Kier molecular flexibility index (Phi) is 4.64. The lowest BCUT2D eigenvalue weighted by atomic mass is 9.99. The quantitative estimate of drug-likeness (QED) is 0.773. The third kappa shape index (κ3) is 3.50. The molecule has 1 aromatic rings. The summed E-state index contributed by atoms with van der Waals surface area (Å²) in [4.78, 5) is 0. The number of hydrogen-bond donors (Lipinski definition) is 0. The molecule has 0 fully saturated rings. The minimum absolute atomic E-state index is 0.0395. The fourth-order valence-electron chi connectivity index (χ4n) is 2.27. The van der Waals surface area contributed by atoms with E-state index in [1.54, 1.807) is 6.07 Å². The van der Waals surface area contributed by atoms with Gasteiger partial charge in [-0.1, -0.05) is 20.8 Å². The van der Waals surface area contributed by atoms with Crippen molar-refractivity contribution in [1.29, 1.82) is 5.26 Å². The first-order valence-corrected chi connectivity index (χ1v) is 10.6. The highest BCUT2D eigenvalue weighted by molar-refractivity contribution is 6.74. The molecule has 22 heavy (non-hydrogen) atoms. The van der Waals surface area contributed by atoms with E-state index in [-0.39, 0.29) is 17.0 Å². The van der Waals surface area contributed by atoms with Gasteiger partial charge in [-0.25, -0.2) is 4.39 Å². The molecule has 0 spiro atoms. The van der Waals surface area contributed by atoms with Crippen LogP contribution in [0.25, 0.3) is 0 Å². The summed E-state index contributed by atoms with van der Waals surface area (Å²) in [6, 6.07) is 6.78. The summed E-state index contributed by atoms with van der Waals surface area (Å²) in [5, 5.41) is 9.55. The largest absolute Gasteiger partial charge is 0.486 e. The minimum atomic E-state index is -2.04. The van der Waals surface area contributed by atoms with Gasteiger partial charge in [-0.15, -0.1) is 0 Å². The maximum atomic E-state index is 13.2. The number of nitriles is 1. The highest BCUT2D eigenvalue weighted by Gasteiger charge is 2.42. The Morgan fingerprint density at radius 1 is 1.41 bits per heavy atom. The van der Waals surface area contributed by atoms with Crippen LogP contribution in [0.5, 0.6) is 5.75 Å². The molecule has 2 unspecified atom stereocenters. The zero-order valence-electron chi connectivity index (χ0n) is 13.9. The molecule has 0 aromatic heterocycles. The Labute approximate surface area is 133 Å². The molecule has 1 aliphatic rings. The maximum absolute atomic E-state index is 13.2. The van der Waals surface area contributed by atoms with Crippen molar-refractivity contribution in [2.75, 3.05) is 0 Å². The summed E-state index contributed by atoms with van der Waals surface area (Å²) in [7, 11) is -2.04. The number of aryl methyl sites for hydroxylation is 1. The van der Waals surface area contributed by atoms with Crippen LogP contribution >= 0.6 is 0 Å². The predicted molar refractivity (Wildman–Crippen MR) is 86.8 cm³/mol. The molecular weight excluding hydrogens is 297 g/mol. The van der Waals surface area contributed by atoms with Gasteiger partial charge in [0, 0.05) is 0 Å². The topological polar surface area (TPSA) is 42.2 Å². The normalized spacial score (nSPS) is 19.8. The molecule has 0 N–H and O–H groups in total. The van der Waals surface area contributed by atoms with Gasteiger partial charge in [-0.2, -0.15) is 5.26 Å². The average Bonchev–Trinajstić information content (AvgIpc) is 2.43. The van der Waals surface area contributed by atoms with Crippen molar-refractivity contribution in [3.05, 3.63) is 29.6 Å². The van der Waals surface area contributed by atoms with Gasteiger partial charge >= 0.3 is 0 Å². The lowest BCUT2D eigenvalue weighted by Gasteiger charge is -2.40. The molecule has 2 rings (SSSR count). The zero-order valence-corrected chi connectivity index (χ0v) is 14.9. The number of ether oxygens (including phenoxy) is 1. The predicted octanol–water partition coefficient (Wildman–Crippen LogP) is 4.43. The molecular formula is C17H24FNO2Si. The smallest absolute Gasteiger partial charge is 0.194 e. The fraction of sp³-hybridized carbons (Fsp3) is 0.588. The molecule has 0 bridgehead atoms. The molecule has 0 saturated carbocycles. The van der Waals surface area contributed by atoms with Gasteiger partial charge in [-0.05, 0) is 54.7 Å². The van der Waals surface area contributed by atoms with Gasteiger partial charge in [-0.3, -0.25) is 0 Å². The van der Waals surface area contributed by atoms with E-state index in [2.05, 4.69) is 39.9 Å². The Bertz CT molecular complexity index is 589. The third-order valence-corrected chi connectivity index (χ3v) is 9.15. The van der Waals surface area contributed by atoms with Crippen molar-refractivity contribution in [2.24, 2.45) is 0 Å². The Morgan fingerprint density at radius 3 is 2.68 bits per heavy atom. The molecule has 0 amide bonds. The summed E-state index contributed by atoms with van der Waals surface area (Å²) >= 11 is 0. The van der Waals surface area contributed by atoms with E-state index in [0.717, 1.165) is 5.56 Å². The number of halogens is 1. The van der Waals surface area contributed by atoms with Crippen molar-refractivity contribution in [3.8, 4) is 11.8 Å². The summed E-state index contributed by atoms with van der Waals surface area (Å²) < 4.78 is 25.4. The Balaban J connectivity index is 2.14. The molecule has 3 nitrogen and oxygen atoms in total. The van der Waals surface area contributed by atoms with E-state index < -0.39 is 14.4 Å². The van der Waals surface area contributed by atoms with Gasteiger partial charge in [0.15, 0.2) is 14.4 Å². The van der Waals surface area contributed by atoms with E-state index in [4.69, 9.17) is 9.16 Å². The Morgan fingerprint density at radius 2 is 2.09 bits per heavy atom. The van der Waals surface area contributed by atoms with Crippen LogP contribution < -0.4 is 4.74 Å². The fourth-order valence-corrected chi connectivity index (χ4v) is 3.46. The second-order valence-corrected chi connectivity index (χ2v) is 12.1. The highest BCUT2D eigenvalue weighted by atomic mass is 28.4. The van der Waals surface area contributed by atoms with Crippen molar-refractivity contribution in [3.63, 3.8) is 0 Å². The molecule has 0 radical (unpaired) electrons. The molecule has 1 aliphatic heterocycles. The lowest BCUT2D eigenvalue weighted by Crippen LogP contribution is -2.48. The maximum Gasteiger partial charge on any atom is 0.194 e. The summed E-state index contributed by atoms with van der Waals surface area (Å²) in [5.74, 6) is 0.409. The van der Waals surface area contributed by atoms with Crippen molar-refractivity contribution < 1.29 is 13.6 Å². The van der Waals surface area contributed by atoms with Crippen molar-refractivity contribution >= 4 is 8.32 Å². The molecule has 1 heterocycles. The van der Waals surface area contributed by atoms with Gasteiger partial charge in [0.1, 0.15) is 17.7 Å². The van der Waals surface area contributed by atoms with Crippen molar-refractivity contribution in [1.82, 2.24) is 0 Å². The van der Waals surface area contributed by atoms with E-state index in [9.17, 15) is 9.65 Å². The molecule has 120 valence electrons. The SMILES string of the molecule is CC(C)(C)[Si](C)(C)OC(C#N)C1CCc2cc(F)ccc2O1. The van der Waals surface area contributed by atoms with Gasteiger partial charge in [0.2, 0.25) is 0 Å². The monoisotopic (exact) mass is 321 g/mol. The van der Waals surface area contributed by atoms with Gasteiger partial charge < -0.3 is 9.16 Å². The average molecular weight is 321 g/mol. The van der Waals surface area contributed by atoms with Gasteiger partial charge in [0.25, 0.3) is 0 Å². The van der Waals surface area contributed by atoms with Crippen LogP contribution in [-0.2, 0) is 10.8 Å². The summed E-state index contributed by atoms with van der Waals surface area (Å²) in [6.45, 7) is 10.7. The van der Waals surface area contributed by atoms with E-state index in [1.165, 1.54) is 12.1 Å². The highest BCUT2D eigenvalue weighted by Crippen LogP contribution is 2.38. The van der Waals surface area contributed by atoms with E-state index >= 15 is 0 Å². The summed E-state index contributed by atoms with van der Waals surface area (Å²) in [6.07, 6.45) is 0.497. The van der Waals surface area contributed by atoms with Crippen LogP contribution in [0.2, 0.25) is 18.1 Å². The lowest BCUT2D eigenvalue weighted by molar-refractivity contribution is 0.0632. The van der Waals surface area contributed by atoms with E-state index in [0.29, 0.717) is 18.6 Å². The number of hydrogen-bond acceptors (Lipinski definition) is 3. The van der Waals surface area contributed by atoms with Crippen LogP contribution in [0.1, 0.15) is 32.8 Å². The standard InChI is InChI=1S/C17H24FNO2Si/c1-17(2,3)22(4,5)21-16(11-19)15-8-6-12-10-13(18)7-9-14(12)20-15/h7,9-10,15-16H,6,8H2,1-5H3. The third-order valence-electron chi connectivity index (χ3n) is 4.69. The first-order chi connectivity index (χ1) is 10.1. The van der Waals surface area contributed by atoms with Crippen LogP contribution in [0, 0.1) is 17.1 Å². The number of rotatable bonds is 3. The minimum Gasteiger partial charge on any atom is -0.486 e. The first-order valence-electron chi connectivity index (χ1n) is 7.66. The second kappa shape index (κ2) is 6.02. The number of nitrogens with zero attached hydrogens (tertiary/aromatic N) is 1. The number of fused-ring (bicyclic) bond motifs is 1. The summed E-state index contributed by atoms with van der Waals surface area (Å²) in [5.41, 5.74) is 0.861. The first kappa shape index (κ1) is 17.0. The molecule has 2 atom stereocenters. The molecule has 5 heteroatoms. The van der Waals surface area contributed by atoms with Crippen LogP contribution in [-0.4, -0.2) is 20.5 Å². The Hall–Kier alpha value is -1.38. The van der Waals surface area contributed by atoms with Gasteiger partial charge in [0.05, 0.1) is 6.07 Å². The molecule has 0 aliphatic carbocycles. The van der Waals surface area contributed by atoms with E-state index in [1.807, 2.05) is 0 Å². The van der Waals surface area contributed by atoms with Crippen LogP contribution in [0.4, 0.5) is 4.39 Å². The zero-order chi connectivity index (χ0) is 16.5. The molecule has 0 saturated heterocycles.